The number of nitrogens with one attached hydrogen (secondary N) is 1. The molecule has 0 aliphatic carbocycles. The van der Waals surface area contributed by atoms with Gasteiger partial charge in [0.2, 0.25) is 5.95 Å². The van der Waals surface area contributed by atoms with E-state index in [0.29, 0.717) is 0 Å². The summed E-state index contributed by atoms with van der Waals surface area (Å²) in [5.41, 5.74) is 3.16. The lowest BCUT2D eigenvalue weighted by atomic mass is 10.00. The van der Waals surface area contributed by atoms with Gasteiger partial charge in [-0.15, -0.1) is 0 Å². The number of likely N-dealkylation sites (tertiary alicyclic amines) is 1. The highest BCUT2D eigenvalue weighted by Gasteiger charge is 2.27. The number of H-pyrrole nitrogens is 1. The van der Waals surface area contributed by atoms with Gasteiger partial charge in [-0.1, -0.05) is 6.92 Å². The summed E-state index contributed by atoms with van der Waals surface area (Å²) in [6.45, 7) is 8.21. The molecule has 2 fully saturated rings. The number of piperidine rings is 1. The minimum atomic E-state index is 0.0802. The van der Waals surface area contributed by atoms with Crippen molar-refractivity contribution in [1.82, 2.24) is 19.9 Å². The number of pyridine rings is 1. The molecular weight excluding hydrogens is 338 g/mol. The predicted octanol–water partition coefficient (Wildman–Crippen LogP) is 3.05. The number of rotatable bonds is 4. The molecule has 0 spiro atoms. The lowest BCUT2D eigenvalue weighted by Crippen LogP contribution is -2.34. The first-order chi connectivity index (χ1) is 13.1. The van der Waals surface area contributed by atoms with Crippen molar-refractivity contribution in [2.24, 2.45) is 5.92 Å². The van der Waals surface area contributed by atoms with Crippen LogP contribution in [0.2, 0.25) is 0 Å². The van der Waals surface area contributed by atoms with E-state index in [0.717, 1.165) is 67.8 Å². The molecule has 0 aromatic carbocycles. The van der Waals surface area contributed by atoms with Gasteiger partial charge in [0, 0.05) is 61.1 Å². The fourth-order valence-corrected chi connectivity index (χ4v) is 4.29. The molecule has 6 nitrogen and oxygen atoms in total. The Morgan fingerprint density at radius 1 is 1.11 bits per heavy atom. The van der Waals surface area contributed by atoms with Gasteiger partial charge in [-0.25, -0.2) is 9.97 Å². The number of nitrogens with zero attached hydrogens (tertiary/aromatic N) is 4. The van der Waals surface area contributed by atoms with Crippen molar-refractivity contribution in [2.75, 3.05) is 24.5 Å². The minimum Gasteiger partial charge on any atom is -0.361 e. The molecule has 0 radical (unpaired) electrons. The molecule has 1 N–H and O–H groups in total. The monoisotopic (exact) mass is 367 g/mol. The topological polar surface area (TPSA) is 65.1 Å². The maximum atomic E-state index is 11.9. The second kappa shape index (κ2) is 7.80. The third-order valence-electron chi connectivity index (χ3n) is 5.86. The summed E-state index contributed by atoms with van der Waals surface area (Å²) in [4.78, 5) is 29.2. The SMILES string of the molecule is Cc1cc(=O)cc(C2CCCN2Cc2cnc(N3CCC(C)CC3)nc2)[nH]1. The quantitative estimate of drug-likeness (QED) is 0.900. The molecular formula is C21H29N5O. The Hall–Kier alpha value is -2.21. The molecule has 0 saturated carbocycles. The molecule has 2 aliphatic heterocycles. The van der Waals surface area contributed by atoms with Crippen molar-refractivity contribution in [2.45, 2.75) is 52.1 Å². The van der Waals surface area contributed by atoms with Gasteiger partial charge in [0.1, 0.15) is 0 Å². The first-order valence-electron chi connectivity index (χ1n) is 10.1. The van der Waals surface area contributed by atoms with Gasteiger partial charge < -0.3 is 9.88 Å². The maximum Gasteiger partial charge on any atom is 0.225 e. The smallest absolute Gasteiger partial charge is 0.225 e. The largest absolute Gasteiger partial charge is 0.361 e. The Labute approximate surface area is 160 Å². The average Bonchev–Trinajstić information content (AvgIpc) is 3.10. The molecule has 1 atom stereocenters. The van der Waals surface area contributed by atoms with Gasteiger partial charge in [0.15, 0.2) is 5.43 Å². The molecule has 2 aromatic heterocycles. The van der Waals surface area contributed by atoms with Crippen molar-refractivity contribution >= 4 is 5.95 Å². The van der Waals surface area contributed by atoms with Gasteiger partial charge in [-0.3, -0.25) is 9.69 Å². The summed E-state index contributed by atoms with van der Waals surface area (Å²) in [6.07, 6.45) is 8.59. The molecule has 6 heteroatoms. The van der Waals surface area contributed by atoms with Gasteiger partial charge in [-0.05, 0) is 45.1 Å². The van der Waals surface area contributed by atoms with Crippen LogP contribution in [0.15, 0.2) is 29.3 Å². The van der Waals surface area contributed by atoms with E-state index >= 15 is 0 Å². The van der Waals surface area contributed by atoms with Crippen molar-refractivity contribution in [1.29, 1.82) is 0 Å². The van der Waals surface area contributed by atoms with Gasteiger partial charge in [0.25, 0.3) is 0 Å². The molecule has 4 heterocycles. The van der Waals surface area contributed by atoms with Crippen LogP contribution in [-0.2, 0) is 6.54 Å². The summed E-state index contributed by atoms with van der Waals surface area (Å²) in [6, 6.07) is 3.66. The summed E-state index contributed by atoms with van der Waals surface area (Å²) < 4.78 is 0. The predicted molar refractivity (Wildman–Crippen MR) is 107 cm³/mol. The molecule has 4 rings (SSSR count). The number of hydrogen-bond acceptors (Lipinski definition) is 5. The lowest BCUT2D eigenvalue weighted by molar-refractivity contribution is 0.243. The van der Waals surface area contributed by atoms with E-state index in [1.54, 1.807) is 12.1 Å². The molecule has 0 amide bonds. The maximum absolute atomic E-state index is 11.9. The third kappa shape index (κ3) is 4.21. The van der Waals surface area contributed by atoms with E-state index in [1.807, 2.05) is 19.3 Å². The van der Waals surface area contributed by atoms with Gasteiger partial charge in [0.05, 0.1) is 6.04 Å². The van der Waals surface area contributed by atoms with Crippen LogP contribution < -0.4 is 10.3 Å². The normalized spacial score (nSPS) is 21.7. The van der Waals surface area contributed by atoms with Gasteiger partial charge in [-0.2, -0.15) is 0 Å². The Bertz CT molecular complexity index is 823. The fraction of sp³-hybridized carbons (Fsp3) is 0.571. The molecule has 2 aromatic rings. The molecule has 144 valence electrons. The van der Waals surface area contributed by atoms with Crippen LogP contribution in [0.3, 0.4) is 0 Å². The van der Waals surface area contributed by atoms with Crippen molar-refractivity contribution in [3.63, 3.8) is 0 Å². The number of aryl methyl sites for hydroxylation is 1. The van der Waals surface area contributed by atoms with Crippen LogP contribution in [-0.4, -0.2) is 39.5 Å². The lowest BCUT2D eigenvalue weighted by Gasteiger charge is -2.30. The average molecular weight is 367 g/mol. The molecule has 2 aliphatic rings. The highest BCUT2D eigenvalue weighted by molar-refractivity contribution is 5.30. The summed E-state index contributed by atoms with van der Waals surface area (Å²) in [7, 11) is 0. The van der Waals surface area contributed by atoms with Crippen LogP contribution >= 0.6 is 0 Å². The molecule has 27 heavy (non-hydrogen) atoms. The van der Waals surface area contributed by atoms with Crippen LogP contribution in [0.25, 0.3) is 0 Å². The third-order valence-corrected chi connectivity index (χ3v) is 5.86. The van der Waals surface area contributed by atoms with Crippen LogP contribution in [0, 0.1) is 12.8 Å². The summed E-state index contributed by atoms with van der Waals surface area (Å²) in [5.74, 6) is 1.66. The molecule has 1 unspecified atom stereocenters. The van der Waals surface area contributed by atoms with E-state index in [-0.39, 0.29) is 11.5 Å². The zero-order chi connectivity index (χ0) is 18.8. The summed E-state index contributed by atoms with van der Waals surface area (Å²) >= 11 is 0. The molecule has 0 bridgehead atoms. The van der Waals surface area contributed by atoms with Crippen molar-refractivity contribution in [3.8, 4) is 0 Å². The first-order valence-corrected chi connectivity index (χ1v) is 10.1. The number of aromatic amines is 1. The Kier molecular flexibility index (Phi) is 5.25. The van der Waals surface area contributed by atoms with E-state index in [9.17, 15) is 4.79 Å². The van der Waals surface area contributed by atoms with E-state index in [2.05, 4.69) is 31.7 Å². The second-order valence-electron chi connectivity index (χ2n) is 8.14. The van der Waals surface area contributed by atoms with E-state index < -0.39 is 0 Å². The number of hydrogen-bond donors (Lipinski definition) is 1. The Morgan fingerprint density at radius 3 is 2.56 bits per heavy atom. The van der Waals surface area contributed by atoms with Crippen LogP contribution in [0.5, 0.6) is 0 Å². The molecule has 2 saturated heterocycles. The van der Waals surface area contributed by atoms with Crippen molar-refractivity contribution < 1.29 is 0 Å². The fourth-order valence-electron chi connectivity index (χ4n) is 4.29. The van der Waals surface area contributed by atoms with E-state index in [4.69, 9.17) is 0 Å². The zero-order valence-corrected chi connectivity index (χ0v) is 16.3. The Morgan fingerprint density at radius 2 is 1.85 bits per heavy atom. The standard InChI is InChI=1S/C21H29N5O/c1-15-5-8-25(9-6-15)21-22-12-17(13-23-21)14-26-7-3-4-20(26)19-11-18(27)10-16(2)24-19/h10-13,15,20H,3-9,14H2,1-2H3,(H,24,27). The van der Waals surface area contributed by atoms with Crippen LogP contribution in [0.1, 0.15) is 55.6 Å². The summed E-state index contributed by atoms with van der Waals surface area (Å²) in [5, 5.41) is 0. The Balaban J connectivity index is 1.44. The highest BCUT2D eigenvalue weighted by atomic mass is 16.1. The van der Waals surface area contributed by atoms with E-state index in [1.165, 1.54) is 12.8 Å². The van der Waals surface area contributed by atoms with Crippen LogP contribution in [0.4, 0.5) is 5.95 Å². The van der Waals surface area contributed by atoms with Crippen molar-refractivity contribution in [3.05, 3.63) is 51.7 Å². The zero-order valence-electron chi connectivity index (χ0n) is 16.3. The second-order valence-corrected chi connectivity index (χ2v) is 8.14. The first kappa shape index (κ1) is 18.2. The number of aromatic nitrogens is 3. The highest BCUT2D eigenvalue weighted by Crippen LogP contribution is 2.31. The number of anilines is 1. The minimum absolute atomic E-state index is 0.0802. The van der Waals surface area contributed by atoms with Gasteiger partial charge >= 0.3 is 0 Å².